The second kappa shape index (κ2) is 9.62. The van der Waals surface area contributed by atoms with Crippen LogP contribution < -0.4 is 14.9 Å². The van der Waals surface area contributed by atoms with Gasteiger partial charge in [0.05, 0.1) is 37.3 Å². The number of anilines is 1. The molecule has 3 fully saturated rings. The van der Waals surface area contributed by atoms with E-state index in [-0.39, 0.29) is 29.4 Å². The molecule has 2 bridgehead atoms. The topological polar surface area (TPSA) is 55.9 Å². The third-order valence-electron chi connectivity index (χ3n) is 6.55. The minimum absolute atomic E-state index is 0.0760. The van der Waals surface area contributed by atoms with E-state index in [1.165, 1.54) is 12.1 Å². The minimum Gasteiger partial charge on any atom is -0.489 e. The van der Waals surface area contributed by atoms with E-state index < -0.39 is 23.6 Å². The van der Waals surface area contributed by atoms with E-state index in [4.69, 9.17) is 14.2 Å². The molecular weight excluding hydrogens is 492 g/mol. The quantitative estimate of drug-likeness (QED) is 0.506. The largest absolute Gasteiger partial charge is 0.489 e. The lowest BCUT2D eigenvalue weighted by atomic mass is 9.85. The maximum atomic E-state index is 13.3. The first-order valence-electron chi connectivity index (χ1n) is 11.7. The molecule has 1 saturated carbocycles. The van der Waals surface area contributed by atoms with Gasteiger partial charge in [-0.15, -0.1) is 0 Å². The number of rotatable bonds is 7. The summed E-state index contributed by atoms with van der Waals surface area (Å²) in [6.07, 6.45) is -6.20. The number of hydrogen-bond acceptors (Lipinski definition) is 6. The lowest BCUT2D eigenvalue weighted by Gasteiger charge is -2.46. The first-order valence-corrected chi connectivity index (χ1v) is 11.7. The molecule has 1 aromatic carbocycles. The zero-order chi connectivity index (χ0) is 25.5. The van der Waals surface area contributed by atoms with Gasteiger partial charge in [0.2, 0.25) is 0 Å². The fourth-order valence-electron chi connectivity index (χ4n) is 4.53. The molecule has 5 rings (SSSR count). The van der Waals surface area contributed by atoms with Crippen LogP contribution in [0.15, 0.2) is 36.5 Å². The molecule has 0 amide bonds. The fourth-order valence-corrected chi connectivity index (χ4v) is 4.53. The van der Waals surface area contributed by atoms with E-state index in [2.05, 4.69) is 10.4 Å². The summed E-state index contributed by atoms with van der Waals surface area (Å²) in [6.45, 7) is 2.02. The van der Waals surface area contributed by atoms with E-state index in [1.807, 2.05) is 5.01 Å². The average Bonchev–Trinajstić information content (AvgIpc) is 3.62. The van der Waals surface area contributed by atoms with Crippen molar-refractivity contribution in [1.29, 1.82) is 0 Å². The second-order valence-corrected chi connectivity index (χ2v) is 9.50. The van der Waals surface area contributed by atoms with Gasteiger partial charge in [-0.1, -0.05) is 0 Å². The molecule has 6 nitrogen and oxygen atoms in total. The van der Waals surface area contributed by atoms with Gasteiger partial charge in [-0.2, -0.15) is 26.3 Å². The Morgan fingerprint density at radius 2 is 1.67 bits per heavy atom. The van der Waals surface area contributed by atoms with Crippen molar-refractivity contribution in [2.75, 3.05) is 38.3 Å². The Morgan fingerprint density at radius 1 is 0.944 bits per heavy atom. The molecule has 3 heterocycles. The SMILES string of the molecule is FC(F)(F)c1ccc(OC2C3COCC2CN(Nc2ccc(C(F)(F)F)nc2)C3)c(OCC2CC2)c1. The van der Waals surface area contributed by atoms with E-state index in [9.17, 15) is 26.3 Å². The van der Waals surface area contributed by atoms with Gasteiger partial charge in [0.25, 0.3) is 0 Å². The van der Waals surface area contributed by atoms with Gasteiger partial charge in [0, 0.05) is 24.9 Å². The molecule has 1 N–H and O–H groups in total. The van der Waals surface area contributed by atoms with Crippen LogP contribution in [-0.4, -0.2) is 49.0 Å². The number of piperidine rings is 1. The highest BCUT2D eigenvalue weighted by atomic mass is 19.4. The van der Waals surface area contributed by atoms with Gasteiger partial charge < -0.3 is 19.6 Å². The summed E-state index contributed by atoms with van der Waals surface area (Å²) in [5, 5.41) is 1.87. The Labute approximate surface area is 203 Å². The Kier molecular flexibility index (Phi) is 6.67. The number of hydrazine groups is 1. The smallest absolute Gasteiger partial charge is 0.433 e. The molecule has 196 valence electrons. The summed E-state index contributed by atoms with van der Waals surface area (Å²) in [7, 11) is 0. The van der Waals surface area contributed by atoms with Gasteiger partial charge in [0.15, 0.2) is 11.5 Å². The monoisotopic (exact) mass is 517 g/mol. The zero-order valence-electron chi connectivity index (χ0n) is 19.1. The standard InChI is InChI=1S/C24H25F6N3O3/c25-23(26,27)17-3-5-19(20(7-17)35-11-14-1-2-14)36-22-15-9-33(10-16(22)13-34-12-15)32-18-4-6-21(31-8-18)24(28,29)30/h3-8,14-16,22,32H,1-2,9-13H2. The Balaban J connectivity index is 1.28. The van der Waals surface area contributed by atoms with Crippen LogP contribution in [0.3, 0.4) is 0 Å². The highest BCUT2D eigenvalue weighted by Crippen LogP contribution is 2.40. The lowest BCUT2D eigenvalue weighted by Crippen LogP contribution is -2.58. The Bertz CT molecular complexity index is 1040. The number of pyridine rings is 1. The molecule has 1 aromatic heterocycles. The third kappa shape index (κ3) is 5.80. The summed E-state index contributed by atoms with van der Waals surface area (Å²) in [6, 6.07) is 5.50. The molecule has 0 radical (unpaired) electrons. The number of aromatic nitrogens is 1. The van der Waals surface area contributed by atoms with E-state index in [0.29, 0.717) is 44.5 Å². The van der Waals surface area contributed by atoms with Gasteiger partial charge >= 0.3 is 12.4 Å². The zero-order valence-corrected chi connectivity index (χ0v) is 19.1. The Hall–Kier alpha value is -2.73. The van der Waals surface area contributed by atoms with Crippen LogP contribution in [-0.2, 0) is 17.1 Å². The number of fused-ring (bicyclic) bond motifs is 2. The number of alkyl halides is 6. The number of hydrogen-bond donors (Lipinski definition) is 1. The summed E-state index contributed by atoms with van der Waals surface area (Å²) in [4.78, 5) is 3.47. The van der Waals surface area contributed by atoms with E-state index in [0.717, 1.165) is 37.2 Å². The van der Waals surface area contributed by atoms with Crippen molar-refractivity contribution in [2.45, 2.75) is 31.3 Å². The number of benzene rings is 1. The minimum atomic E-state index is -4.51. The van der Waals surface area contributed by atoms with Gasteiger partial charge in [-0.25, -0.2) is 9.99 Å². The first kappa shape index (κ1) is 24.9. The summed E-state index contributed by atoms with van der Waals surface area (Å²) in [5.74, 6) is 0.456. The number of nitrogens with zero attached hydrogens (tertiary/aromatic N) is 2. The van der Waals surface area contributed by atoms with Crippen molar-refractivity contribution in [1.82, 2.24) is 9.99 Å². The highest BCUT2D eigenvalue weighted by molar-refractivity contribution is 5.44. The van der Waals surface area contributed by atoms with E-state index in [1.54, 1.807) is 0 Å². The maximum absolute atomic E-state index is 13.3. The second-order valence-electron chi connectivity index (χ2n) is 9.50. The van der Waals surface area contributed by atoms with E-state index >= 15 is 0 Å². The third-order valence-corrected chi connectivity index (χ3v) is 6.55. The number of ether oxygens (including phenoxy) is 3. The molecule has 1 aliphatic carbocycles. The van der Waals surface area contributed by atoms with Crippen molar-refractivity contribution in [3.05, 3.63) is 47.8 Å². The summed E-state index contributed by atoms with van der Waals surface area (Å²) in [5.41, 5.74) is 1.74. The molecule has 2 aromatic rings. The molecular formula is C24H25F6N3O3. The predicted molar refractivity (Wildman–Crippen MR) is 116 cm³/mol. The molecule has 3 aliphatic rings. The van der Waals surface area contributed by atoms with Crippen molar-refractivity contribution < 1.29 is 40.6 Å². The van der Waals surface area contributed by atoms with Crippen molar-refractivity contribution in [2.24, 2.45) is 17.8 Å². The highest BCUT2D eigenvalue weighted by Gasteiger charge is 2.43. The molecule has 0 spiro atoms. The molecule has 2 atom stereocenters. The molecule has 36 heavy (non-hydrogen) atoms. The van der Waals surface area contributed by atoms with Gasteiger partial charge in [-0.05, 0) is 49.1 Å². The summed E-state index contributed by atoms with van der Waals surface area (Å²) >= 11 is 0. The van der Waals surface area contributed by atoms with Crippen LogP contribution in [0, 0.1) is 17.8 Å². The van der Waals surface area contributed by atoms with Gasteiger partial charge in [0.1, 0.15) is 11.8 Å². The van der Waals surface area contributed by atoms with Crippen molar-refractivity contribution >= 4 is 5.69 Å². The van der Waals surface area contributed by atoms with Crippen LogP contribution in [0.1, 0.15) is 24.1 Å². The Morgan fingerprint density at radius 3 is 2.25 bits per heavy atom. The molecule has 2 saturated heterocycles. The van der Waals surface area contributed by atoms with Gasteiger partial charge in [-0.3, -0.25) is 0 Å². The average molecular weight is 517 g/mol. The van der Waals surface area contributed by atoms with Crippen molar-refractivity contribution in [3.63, 3.8) is 0 Å². The lowest BCUT2D eigenvalue weighted by molar-refractivity contribution is -0.141. The maximum Gasteiger partial charge on any atom is 0.433 e. The van der Waals surface area contributed by atoms with Crippen LogP contribution in [0.4, 0.5) is 32.0 Å². The summed E-state index contributed by atoms with van der Waals surface area (Å²) < 4.78 is 95.8. The first-order chi connectivity index (χ1) is 17.1. The number of nitrogens with one attached hydrogen (secondary N) is 1. The molecule has 2 aliphatic heterocycles. The number of halogens is 6. The van der Waals surface area contributed by atoms with Crippen LogP contribution >= 0.6 is 0 Å². The van der Waals surface area contributed by atoms with Crippen molar-refractivity contribution in [3.8, 4) is 11.5 Å². The molecule has 12 heteroatoms. The fraction of sp³-hybridized carbons (Fsp3) is 0.542. The van der Waals surface area contributed by atoms with Crippen LogP contribution in [0.25, 0.3) is 0 Å². The predicted octanol–water partition coefficient (Wildman–Crippen LogP) is 5.26. The normalized spacial score (nSPS) is 24.9. The molecule has 2 unspecified atom stereocenters. The van der Waals surface area contributed by atoms with Crippen LogP contribution in [0.5, 0.6) is 11.5 Å². The van der Waals surface area contributed by atoms with Crippen LogP contribution in [0.2, 0.25) is 0 Å².